The summed E-state index contributed by atoms with van der Waals surface area (Å²) >= 11 is 0. The van der Waals surface area contributed by atoms with Crippen LogP contribution in [0.3, 0.4) is 0 Å². The van der Waals surface area contributed by atoms with Gasteiger partial charge in [0.05, 0.1) is 13.7 Å². The Morgan fingerprint density at radius 1 is 1.15 bits per heavy atom. The number of fused-ring (bicyclic) bond motifs is 3. The third-order valence-electron chi connectivity index (χ3n) is 5.76. The lowest BCUT2D eigenvalue weighted by Gasteiger charge is -2.40. The minimum Gasteiger partial charge on any atom is -0.492 e. The maximum Gasteiger partial charge on any atom is 0.231 e. The molecule has 1 atom stereocenters. The zero-order chi connectivity index (χ0) is 17.8. The molecule has 2 aliphatic heterocycles. The lowest BCUT2D eigenvalue weighted by atomic mass is 9.76. The smallest absolute Gasteiger partial charge is 0.231 e. The summed E-state index contributed by atoms with van der Waals surface area (Å²) < 4.78 is 23.1. The number of ether oxygens (including phenoxy) is 4. The van der Waals surface area contributed by atoms with E-state index in [2.05, 4.69) is 30.1 Å². The normalized spacial score (nSPS) is 19.7. The van der Waals surface area contributed by atoms with Crippen LogP contribution in [0.15, 0.2) is 18.2 Å². The molecule has 5 nitrogen and oxygen atoms in total. The third-order valence-corrected chi connectivity index (χ3v) is 5.76. The zero-order valence-electron chi connectivity index (χ0n) is 15.4. The van der Waals surface area contributed by atoms with Crippen molar-refractivity contribution in [3.8, 4) is 34.1 Å². The fourth-order valence-electron chi connectivity index (χ4n) is 4.55. The number of hydrogen-bond acceptors (Lipinski definition) is 5. The van der Waals surface area contributed by atoms with E-state index in [1.165, 1.54) is 22.3 Å². The number of rotatable bonds is 3. The van der Waals surface area contributed by atoms with Crippen LogP contribution in [0.25, 0.3) is 11.1 Å². The third kappa shape index (κ3) is 2.13. The molecule has 1 unspecified atom stereocenters. The second-order valence-electron chi connectivity index (χ2n) is 7.10. The summed E-state index contributed by atoms with van der Waals surface area (Å²) in [5.41, 5.74) is 6.36. The Morgan fingerprint density at radius 3 is 2.73 bits per heavy atom. The highest BCUT2D eigenvalue weighted by Crippen LogP contribution is 2.54. The van der Waals surface area contributed by atoms with E-state index in [0.29, 0.717) is 12.6 Å². The van der Waals surface area contributed by atoms with Crippen LogP contribution >= 0.6 is 0 Å². The monoisotopic (exact) mass is 353 g/mol. The number of methoxy groups -OCH3 is 1. The van der Waals surface area contributed by atoms with Gasteiger partial charge in [0, 0.05) is 18.2 Å². The summed E-state index contributed by atoms with van der Waals surface area (Å²) in [6.07, 6.45) is 2.00. The Hall–Kier alpha value is -2.40. The van der Waals surface area contributed by atoms with Crippen LogP contribution < -0.4 is 18.9 Å². The van der Waals surface area contributed by atoms with Gasteiger partial charge in [-0.3, -0.25) is 4.90 Å². The van der Waals surface area contributed by atoms with Crippen molar-refractivity contribution in [3.63, 3.8) is 0 Å². The van der Waals surface area contributed by atoms with E-state index in [1.807, 2.05) is 6.92 Å². The van der Waals surface area contributed by atoms with Crippen molar-refractivity contribution in [2.45, 2.75) is 25.8 Å². The minimum atomic E-state index is 0.287. The fourth-order valence-corrected chi connectivity index (χ4v) is 4.55. The molecule has 5 heteroatoms. The average molecular weight is 353 g/mol. The predicted octanol–water partition coefficient (Wildman–Crippen LogP) is 3.57. The number of likely N-dealkylation sites (N-methyl/N-ethyl adjacent to an activating group) is 1. The molecular formula is C21H23NO4. The van der Waals surface area contributed by atoms with Crippen LogP contribution in [0.2, 0.25) is 0 Å². The molecule has 0 bridgehead atoms. The van der Waals surface area contributed by atoms with Gasteiger partial charge in [-0.1, -0.05) is 0 Å². The Morgan fingerprint density at radius 2 is 1.96 bits per heavy atom. The SMILES string of the molecule is CCOc1cc2c3c(c1OC)-c1cc4c(cc1CC3N(C)CC2)OCO4. The van der Waals surface area contributed by atoms with Gasteiger partial charge in [0.25, 0.3) is 0 Å². The molecule has 0 aromatic heterocycles. The molecule has 0 radical (unpaired) electrons. The lowest BCUT2D eigenvalue weighted by Crippen LogP contribution is -2.35. The van der Waals surface area contributed by atoms with Crippen molar-refractivity contribution in [3.05, 3.63) is 34.9 Å². The first-order valence-corrected chi connectivity index (χ1v) is 9.21. The van der Waals surface area contributed by atoms with Crippen LogP contribution in [0.4, 0.5) is 0 Å². The van der Waals surface area contributed by atoms with Crippen molar-refractivity contribution in [2.75, 3.05) is 34.1 Å². The van der Waals surface area contributed by atoms with E-state index in [1.54, 1.807) is 7.11 Å². The van der Waals surface area contributed by atoms with Gasteiger partial charge in [0.1, 0.15) is 0 Å². The van der Waals surface area contributed by atoms with Crippen LogP contribution in [-0.4, -0.2) is 39.0 Å². The molecule has 0 saturated heterocycles. The predicted molar refractivity (Wildman–Crippen MR) is 98.5 cm³/mol. The maximum absolute atomic E-state index is 5.94. The minimum absolute atomic E-state index is 0.287. The van der Waals surface area contributed by atoms with Crippen LogP contribution in [0, 0.1) is 0 Å². The van der Waals surface area contributed by atoms with Gasteiger partial charge in [0.2, 0.25) is 6.79 Å². The molecule has 2 heterocycles. The zero-order valence-corrected chi connectivity index (χ0v) is 15.4. The van der Waals surface area contributed by atoms with Gasteiger partial charge >= 0.3 is 0 Å². The summed E-state index contributed by atoms with van der Waals surface area (Å²) in [5.74, 6) is 3.30. The number of benzene rings is 2. The molecule has 1 aliphatic carbocycles. The van der Waals surface area contributed by atoms with E-state index < -0.39 is 0 Å². The Balaban J connectivity index is 1.82. The van der Waals surface area contributed by atoms with Crippen LogP contribution in [0.5, 0.6) is 23.0 Å². The molecule has 0 N–H and O–H groups in total. The van der Waals surface area contributed by atoms with Gasteiger partial charge in [-0.2, -0.15) is 0 Å². The molecule has 0 saturated carbocycles. The fraction of sp³-hybridized carbons (Fsp3) is 0.429. The van der Waals surface area contributed by atoms with Gasteiger partial charge < -0.3 is 18.9 Å². The van der Waals surface area contributed by atoms with E-state index >= 15 is 0 Å². The summed E-state index contributed by atoms with van der Waals surface area (Å²) in [5, 5.41) is 0. The number of hydrogen-bond donors (Lipinski definition) is 0. The molecule has 5 rings (SSSR count). The van der Waals surface area contributed by atoms with Crippen LogP contribution in [-0.2, 0) is 12.8 Å². The van der Waals surface area contributed by atoms with E-state index in [4.69, 9.17) is 18.9 Å². The molecule has 0 fully saturated rings. The van der Waals surface area contributed by atoms with Gasteiger partial charge in [-0.05, 0) is 67.3 Å². The Bertz CT molecular complexity index is 892. The molecule has 2 aromatic carbocycles. The molecule has 3 aliphatic rings. The largest absolute Gasteiger partial charge is 0.492 e. The summed E-state index contributed by atoms with van der Waals surface area (Å²) in [7, 11) is 3.93. The van der Waals surface area contributed by atoms with Crippen molar-refractivity contribution >= 4 is 0 Å². The topological polar surface area (TPSA) is 40.2 Å². The molecule has 136 valence electrons. The molecule has 0 spiro atoms. The summed E-state index contributed by atoms with van der Waals surface area (Å²) in [6.45, 7) is 3.96. The van der Waals surface area contributed by atoms with Gasteiger partial charge in [0.15, 0.2) is 23.0 Å². The van der Waals surface area contributed by atoms with Crippen LogP contribution in [0.1, 0.15) is 29.7 Å². The molecule has 2 aromatic rings. The highest BCUT2D eigenvalue weighted by atomic mass is 16.7. The van der Waals surface area contributed by atoms with Gasteiger partial charge in [-0.15, -0.1) is 0 Å². The highest BCUT2D eigenvalue weighted by molar-refractivity contribution is 5.85. The molecule has 26 heavy (non-hydrogen) atoms. The summed E-state index contributed by atoms with van der Waals surface area (Å²) in [4.78, 5) is 2.44. The van der Waals surface area contributed by atoms with Crippen molar-refractivity contribution in [1.82, 2.24) is 4.90 Å². The molecule has 0 amide bonds. The standard InChI is InChI=1S/C21H23NO4/c1-4-24-18-8-12-5-6-22(2)15-7-13-9-16-17(26-11-25-16)10-14(13)20(19(12)15)21(18)23-3/h8-10,15H,4-7,11H2,1-3H3. The summed E-state index contributed by atoms with van der Waals surface area (Å²) in [6, 6.07) is 6.77. The van der Waals surface area contributed by atoms with E-state index in [-0.39, 0.29) is 6.79 Å². The maximum atomic E-state index is 5.94. The second kappa shape index (κ2) is 5.81. The lowest BCUT2D eigenvalue weighted by molar-refractivity contribution is 0.174. The van der Waals surface area contributed by atoms with E-state index in [9.17, 15) is 0 Å². The first kappa shape index (κ1) is 15.8. The highest BCUT2D eigenvalue weighted by Gasteiger charge is 2.37. The Kier molecular flexibility index (Phi) is 3.54. The first-order chi connectivity index (χ1) is 12.7. The average Bonchev–Trinajstić information content (AvgIpc) is 3.10. The quantitative estimate of drug-likeness (QED) is 0.844. The first-order valence-electron chi connectivity index (χ1n) is 9.21. The number of nitrogens with zero attached hydrogens (tertiary/aromatic N) is 1. The van der Waals surface area contributed by atoms with Crippen molar-refractivity contribution < 1.29 is 18.9 Å². The van der Waals surface area contributed by atoms with E-state index in [0.717, 1.165) is 47.9 Å². The Labute approximate surface area is 153 Å². The van der Waals surface area contributed by atoms with Crippen molar-refractivity contribution in [1.29, 1.82) is 0 Å². The second-order valence-corrected chi connectivity index (χ2v) is 7.10. The van der Waals surface area contributed by atoms with Gasteiger partial charge in [-0.25, -0.2) is 0 Å². The van der Waals surface area contributed by atoms with Crippen molar-refractivity contribution in [2.24, 2.45) is 0 Å². The molecular weight excluding hydrogens is 330 g/mol.